The lowest BCUT2D eigenvalue weighted by Gasteiger charge is -2.37. The Hall–Kier alpha value is -4.42. The highest BCUT2D eigenvalue weighted by atomic mass is 19.4. The summed E-state index contributed by atoms with van der Waals surface area (Å²) < 4.78 is 141. The third-order valence-electron chi connectivity index (χ3n) is 6.46. The Morgan fingerprint density at radius 3 is 1.60 bits per heavy atom. The van der Waals surface area contributed by atoms with Crippen LogP contribution in [0.2, 0.25) is 0 Å². The average Bonchev–Trinajstić information content (AvgIpc) is 2.90. The number of ether oxygens (including phenoxy) is 2. The zero-order valence-corrected chi connectivity index (χ0v) is 21.7. The van der Waals surface area contributed by atoms with Crippen LogP contribution in [-0.4, -0.2) is 19.3 Å². The summed E-state index contributed by atoms with van der Waals surface area (Å²) in [6.07, 6.45) is -15.2. The number of halogens is 10. The third kappa shape index (κ3) is 8.33. The van der Waals surface area contributed by atoms with Gasteiger partial charge in [-0.1, -0.05) is 54.6 Å². The smallest absolute Gasteiger partial charge is 0.406 e. The van der Waals surface area contributed by atoms with E-state index in [4.69, 9.17) is 0 Å². The molecule has 0 atom stereocenters. The second-order valence-electron chi connectivity index (χ2n) is 9.44. The summed E-state index contributed by atoms with van der Waals surface area (Å²) in [7, 11) is 0. The van der Waals surface area contributed by atoms with Crippen LogP contribution in [0.5, 0.6) is 11.5 Å². The van der Waals surface area contributed by atoms with Crippen molar-refractivity contribution in [1.82, 2.24) is 0 Å². The molecule has 0 bridgehead atoms. The van der Waals surface area contributed by atoms with Gasteiger partial charge in [-0.3, -0.25) is 0 Å². The van der Waals surface area contributed by atoms with Crippen molar-refractivity contribution in [3.05, 3.63) is 125 Å². The van der Waals surface area contributed by atoms with Crippen molar-refractivity contribution in [3.8, 4) is 11.5 Å². The van der Waals surface area contributed by atoms with Crippen LogP contribution in [-0.2, 0) is 18.0 Å². The standard InChI is InChI=1S/C30H21F10NO2/c31-26-13-12-22(16-25(26)28(32,33)34)41-18-27(17-19-6-2-1-3-7-19,20-8-4-10-23(14-20)42-29(35,36)37)21-9-5-11-24(15-21)43-30(38,39)40/h1-16,41H,17-18H2. The molecule has 0 aliphatic carbocycles. The third-order valence-corrected chi connectivity index (χ3v) is 6.46. The molecule has 3 nitrogen and oxygen atoms in total. The van der Waals surface area contributed by atoms with Gasteiger partial charge in [0.15, 0.2) is 0 Å². The van der Waals surface area contributed by atoms with Crippen LogP contribution in [0.15, 0.2) is 97.1 Å². The number of hydrogen-bond acceptors (Lipinski definition) is 3. The normalized spacial score (nSPS) is 12.6. The minimum Gasteiger partial charge on any atom is -0.406 e. The van der Waals surface area contributed by atoms with Crippen molar-refractivity contribution in [2.45, 2.75) is 30.7 Å². The summed E-state index contributed by atoms with van der Waals surface area (Å²) in [6, 6.07) is 19.9. The first kappa shape index (κ1) is 31.5. The van der Waals surface area contributed by atoms with Crippen LogP contribution in [0.3, 0.4) is 0 Å². The molecule has 4 rings (SSSR count). The summed E-state index contributed by atoms with van der Waals surface area (Å²) in [6.45, 7) is -0.365. The van der Waals surface area contributed by atoms with Gasteiger partial charge in [0.05, 0.1) is 5.56 Å². The Bertz CT molecular complexity index is 1470. The van der Waals surface area contributed by atoms with Crippen LogP contribution in [0.4, 0.5) is 49.6 Å². The quantitative estimate of drug-likeness (QED) is 0.190. The predicted octanol–water partition coefficient (Wildman–Crippen LogP) is 9.28. The number of nitrogens with one attached hydrogen (secondary N) is 1. The van der Waals surface area contributed by atoms with E-state index in [0.717, 1.165) is 30.3 Å². The van der Waals surface area contributed by atoms with Gasteiger partial charge in [-0.05, 0) is 65.6 Å². The van der Waals surface area contributed by atoms with Crippen molar-refractivity contribution in [3.63, 3.8) is 0 Å². The molecule has 0 heterocycles. The second kappa shape index (κ2) is 12.1. The molecule has 0 radical (unpaired) electrons. The SMILES string of the molecule is Fc1ccc(NCC(Cc2ccccc2)(c2cccc(OC(F)(F)F)c2)c2cccc(OC(F)(F)F)c2)cc1C(F)(F)F. The molecule has 4 aromatic rings. The summed E-state index contributed by atoms with van der Waals surface area (Å²) in [5, 5.41) is 2.79. The van der Waals surface area contributed by atoms with E-state index in [1.165, 1.54) is 24.3 Å². The molecule has 0 amide bonds. The van der Waals surface area contributed by atoms with E-state index in [2.05, 4.69) is 14.8 Å². The van der Waals surface area contributed by atoms with Gasteiger partial charge in [0.25, 0.3) is 0 Å². The molecule has 228 valence electrons. The van der Waals surface area contributed by atoms with Crippen LogP contribution < -0.4 is 14.8 Å². The van der Waals surface area contributed by atoms with Gasteiger partial charge >= 0.3 is 18.9 Å². The van der Waals surface area contributed by atoms with Gasteiger partial charge in [-0.25, -0.2) is 4.39 Å². The summed E-state index contributed by atoms with van der Waals surface area (Å²) in [5.41, 5.74) is -2.47. The zero-order valence-electron chi connectivity index (χ0n) is 21.7. The van der Waals surface area contributed by atoms with E-state index in [0.29, 0.717) is 17.7 Å². The summed E-state index contributed by atoms with van der Waals surface area (Å²) in [4.78, 5) is 0. The van der Waals surface area contributed by atoms with Crippen molar-refractivity contribution >= 4 is 5.69 Å². The fourth-order valence-corrected chi connectivity index (χ4v) is 4.67. The second-order valence-corrected chi connectivity index (χ2v) is 9.44. The van der Waals surface area contributed by atoms with Crippen LogP contribution in [0.25, 0.3) is 0 Å². The fourth-order valence-electron chi connectivity index (χ4n) is 4.67. The lowest BCUT2D eigenvalue weighted by molar-refractivity contribution is -0.275. The topological polar surface area (TPSA) is 30.5 Å². The average molecular weight is 617 g/mol. The Balaban J connectivity index is 1.91. The Morgan fingerprint density at radius 1 is 0.581 bits per heavy atom. The molecule has 1 N–H and O–H groups in total. The molecule has 0 fully saturated rings. The van der Waals surface area contributed by atoms with Crippen molar-refractivity contribution in [2.75, 3.05) is 11.9 Å². The molecule has 0 aliphatic heterocycles. The fraction of sp³-hybridized carbons (Fsp3) is 0.200. The highest BCUT2D eigenvalue weighted by Crippen LogP contribution is 2.41. The zero-order chi connectivity index (χ0) is 31.5. The van der Waals surface area contributed by atoms with Gasteiger partial charge in [0.1, 0.15) is 17.3 Å². The molecule has 13 heteroatoms. The maximum absolute atomic E-state index is 14.0. The van der Waals surface area contributed by atoms with Gasteiger partial charge in [0.2, 0.25) is 0 Å². The largest absolute Gasteiger partial charge is 0.573 e. The summed E-state index contributed by atoms with van der Waals surface area (Å²) in [5.74, 6) is -2.79. The number of rotatable bonds is 9. The Kier molecular flexibility index (Phi) is 8.84. The molecule has 0 unspecified atom stereocenters. The van der Waals surface area contributed by atoms with Crippen molar-refractivity contribution in [2.24, 2.45) is 0 Å². The molecule has 0 saturated carbocycles. The predicted molar refractivity (Wildman–Crippen MR) is 137 cm³/mol. The van der Waals surface area contributed by atoms with Crippen molar-refractivity contribution < 1.29 is 53.4 Å². The van der Waals surface area contributed by atoms with E-state index >= 15 is 0 Å². The number of hydrogen-bond donors (Lipinski definition) is 1. The van der Waals surface area contributed by atoms with E-state index in [1.54, 1.807) is 30.3 Å². The highest BCUT2D eigenvalue weighted by molar-refractivity contribution is 5.52. The monoisotopic (exact) mass is 617 g/mol. The molecule has 43 heavy (non-hydrogen) atoms. The van der Waals surface area contributed by atoms with Gasteiger partial charge in [-0.2, -0.15) is 13.2 Å². The number of anilines is 1. The lowest BCUT2D eigenvalue weighted by atomic mass is 9.70. The minimum atomic E-state index is -5.07. The van der Waals surface area contributed by atoms with E-state index in [-0.39, 0.29) is 29.8 Å². The maximum atomic E-state index is 14.0. The van der Waals surface area contributed by atoms with Gasteiger partial charge in [-0.15, -0.1) is 26.3 Å². The minimum absolute atomic E-state index is 0.0564. The molecule has 0 aromatic heterocycles. The van der Waals surface area contributed by atoms with E-state index in [9.17, 15) is 43.9 Å². The van der Waals surface area contributed by atoms with Crippen LogP contribution in [0, 0.1) is 5.82 Å². The van der Waals surface area contributed by atoms with Crippen LogP contribution in [0.1, 0.15) is 22.3 Å². The van der Waals surface area contributed by atoms with Crippen molar-refractivity contribution in [1.29, 1.82) is 0 Å². The van der Waals surface area contributed by atoms with E-state index in [1.807, 2.05) is 0 Å². The van der Waals surface area contributed by atoms with Gasteiger partial charge in [0, 0.05) is 17.6 Å². The first-order valence-electron chi connectivity index (χ1n) is 12.4. The Labute approximate surface area is 238 Å². The number of benzene rings is 4. The maximum Gasteiger partial charge on any atom is 0.573 e. The first-order valence-corrected chi connectivity index (χ1v) is 12.4. The molecular formula is C30H21F10NO2. The molecule has 4 aromatic carbocycles. The Morgan fingerprint density at radius 2 is 1.12 bits per heavy atom. The highest BCUT2D eigenvalue weighted by Gasteiger charge is 2.39. The molecule has 0 spiro atoms. The van der Waals surface area contributed by atoms with Gasteiger partial charge < -0.3 is 14.8 Å². The lowest BCUT2D eigenvalue weighted by Crippen LogP contribution is -2.38. The number of alkyl halides is 9. The van der Waals surface area contributed by atoms with Crippen LogP contribution >= 0.6 is 0 Å². The molecular weight excluding hydrogens is 596 g/mol. The first-order chi connectivity index (χ1) is 20.0. The molecule has 0 aliphatic rings. The molecule has 0 saturated heterocycles. The van der Waals surface area contributed by atoms with E-state index < -0.39 is 47.2 Å². The summed E-state index contributed by atoms with van der Waals surface area (Å²) >= 11 is 0.